The molecule has 3 aromatic rings. The van der Waals surface area contributed by atoms with Crippen LogP contribution in [0.4, 0.5) is 4.39 Å². The van der Waals surface area contributed by atoms with Crippen molar-refractivity contribution in [1.82, 2.24) is 4.57 Å². The van der Waals surface area contributed by atoms with Crippen LogP contribution in [0.2, 0.25) is 0 Å². The van der Waals surface area contributed by atoms with Gasteiger partial charge in [-0.1, -0.05) is 42.5 Å². The first-order valence-corrected chi connectivity index (χ1v) is 8.78. The molecule has 0 aliphatic rings. The van der Waals surface area contributed by atoms with E-state index >= 15 is 0 Å². The summed E-state index contributed by atoms with van der Waals surface area (Å²) in [5.41, 5.74) is 3.49. The second kappa shape index (κ2) is 8.84. The molecule has 0 amide bonds. The van der Waals surface area contributed by atoms with Crippen molar-refractivity contribution < 1.29 is 24.2 Å². The number of hydrogen-bond donors (Lipinski definition) is 2. The molecule has 1 heterocycles. The minimum absolute atomic E-state index is 0.300. The van der Waals surface area contributed by atoms with E-state index in [1.165, 1.54) is 18.2 Å². The van der Waals surface area contributed by atoms with E-state index in [0.29, 0.717) is 12.6 Å². The molecule has 3 rings (SSSR count). The topological polar surface area (TPSA) is 79.5 Å². The molecular weight excluding hydrogens is 373 g/mol. The lowest BCUT2D eigenvalue weighted by Gasteiger charge is -2.03. The Kier molecular flexibility index (Phi) is 6.04. The quantitative estimate of drug-likeness (QED) is 0.461. The largest absolute Gasteiger partial charge is 0.502 e. The van der Waals surface area contributed by atoms with Gasteiger partial charge in [0.05, 0.1) is 0 Å². The molecule has 0 unspecified atom stereocenters. The molecule has 0 fully saturated rings. The number of ketones is 1. The predicted octanol–water partition coefficient (Wildman–Crippen LogP) is 4.45. The molecule has 0 radical (unpaired) electrons. The Hall–Kier alpha value is -3.93. The van der Waals surface area contributed by atoms with Crippen LogP contribution in [-0.4, -0.2) is 26.5 Å². The van der Waals surface area contributed by atoms with Crippen LogP contribution in [-0.2, 0) is 16.1 Å². The van der Waals surface area contributed by atoms with Gasteiger partial charge in [0.1, 0.15) is 5.82 Å². The Balaban J connectivity index is 1.92. The van der Waals surface area contributed by atoms with E-state index in [2.05, 4.69) is 0 Å². The number of carbonyl (C=O) groups excluding carboxylic acids is 1. The summed E-state index contributed by atoms with van der Waals surface area (Å²) in [5, 5.41) is 17.8. The minimum atomic E-state index is -1.57. The Bertz CT molecular complexity index is 1080. The third-order valence-corrected chi connectivity index (χ3v) is 4.20. The fraction of sp³-hybridized carbons (Fsp3) is 0.0435. The zero-order valence-electron chi connectivity index (χ0n) is 15.3. The molecule has 0 atom stereocenters. The summed E-state index contributed by atoms with van der Waals surface area (Å²) in [4.78, 5) is 22.5. The average Bonchev–Trinajstić information content (AvgIpc) is 3.11. The molecule has 1 aromatic heterocycles. The summed E-state index contributed by atoms with van der Waals surface area (Å²) >= 11 is 0. The second-order valence-corrected chi connectivity index (χ2v) is 6.36. The molecule has 0 aliphatic carbocycles. The zero-order valence-corrected chi connectivity index (χ0v) is 15.3. The van der Waals surface area contributed by atoms with Crippen LogP contribution in [0, 0.1) is 5.82 Å². The summed E-state index contributed by atoms with van der Waals surface area (Å²) in [7, 11) is 0. The van der Waals surface area contributed by atoms with E-state index in [1.807, 2.05) is 47.3 Å². The first kappa shape index (κ1) is 19.8. The molecule has 0 saturated heterocycles. The molecule has 2 N–H and O–H groups in total. The highest BCUT2D eigenvalue weighted by Crippen LogP contribution is 2.26. The molecule has 6 heteroatoms. The fourth-order valence-electron chi connectivity index (χ4n) is 2.83. The van der Waals surface area contributed by atoms with Gasteiger partial charge in [-0.05, 0) is 35.4 Å². The van der Waals surface area contributed by atoms with E-state index in [0.717, 1.165) is 22.3 Å². The number of allylic oxidation sites excluding steroid dienone is 2. The van der Waals surface area contributed by atoms with Gasteiger partial charge < -0.3 is 14.8 Å². The lowest BCUT2D eigenvalue weighted by atomic mass is 10.0. The van der Waals surface area contributed by atoms with Gasteiger partial charge in [0.15, 0.2) is 5.78 Å². The van der Waals surface area contributed by atoms with E-state index in [9.17, 15) is 19.1 Å². The average molecular weight is 391 g/mol. The van der Waals surface area contributed by atoms with Gasteiger partial charge in [0, 0.05) is 36.1 Å². The first-order chi connectivity index (χ1) is 13.9. The number of halogens is 1. The van der Waals surface area contributed by atoms with Crippen molar-refractivity contribution in [2.24, 2.45) is 0 Å². The summed E-state index contributed by atoms with van der Waals surface area (Å²) in [5.74, 6) is -3.53. The van der Waals surface area contributed by atoms with Crippen LogP contribution in [0.3, 0.4) is 0 Å². The molecule has 5 nitrogen and oxygen atoms in total. The Morgan fingerprint density at radius 1 is 0.966 bits per heavy atom. The number of carboxylic acid groups (broad SMARTS) is 1. The summed E-state index contributed by atoms with van der Waals surface area (Å²) < 4.78 is 15.0. The van der Waals surface area contributed by atoms with E-state index < -0.39 is 17.5 Å². The van der Waals surface area contributed by atoms with Gasteiger partial charge in [-0.3, -0.25) is 4.79 Å². The summed E-state index contributed by atoms with van der Waals surface area (Å²) in [6.07, 6.45) is 7.18. The van der Waals surface area contributed by atoms with Gasteiger partial charge in [-0.25, -0.2) is 9.18 Å². The number of carboxylic acids is 1. The molecule has 0 aliphatic heterocycles. The molecule has 2 aromatic carbocycles. The van der Waals surface area contributed by atoms with Gasteiger partial charge in [-0.2, -0.15) is 0 Å². The normalized spacial score (nSPS) is 11.7. The number of carbonyl (C=O) groups is 2. The first-order valence-electron chi connectivity index (χ1n) is 8.78. The van der Waals surface area contributed by atoms with Crippen molar-refractivity contribution >= 4 is 17.8 Å². The SMILES string of the molecule is O=C(/C=C(\O)C(=O)O)/C=C/c1cn(Cc2ccc(F)cc2)cc1-c1ccccc1. The third-order valence-electron chi connectivity index (χ3n) is 4.20. The predicted molar refractivity (Wildman–Crippen MR) is 108 cm³/mol. The Morgan fingerprint density at radius 2 is 1.66 bits per heavy atom. The van der Waals surface area contributed by atoms with Crippen molar-refractivity contribution in [2.45, 2.75) is 6.54 Å². The van der Waals surface area contributed by atoms with Crippen LogP contribution in [0.1, 0.15) is 11.1 Å². The zero-order chi connectivity index (χ0) is 20.8. The van der Waals surface area contributed by atoms with Crippen LogP contribution in [0.25, 0.3) is 17.2 Å². The van der Waals surface area contributed by atoms with Crippen LogP contribution in [0.5, 0.6) is 0 Å². The molecule has 0 spiro atoms. The lowest BCUT2D eigenvalue weighted by molar-refractivity contribution is -0.135. The van der Waals surface area contributed by atoms with Crippen LogP contribution >= 0.6 is 0 Å². The van der Waals surface area contributed by atoms with Crippen molar-refractivity contribution in [3.63, 3.8) is 0 Å². The van der Waals surface area contributed by atoms with E-state index in [1.54, 1.807) is 18.2 Å². The van der Waals surface area contributed by atoms with Crippen molar-refractivity contribution in [3.8, 4) is 11.1 Å². The number of nitrogens with zero attached hydrogens (tertiary/aromatic N) is 1. The smallest absolute Gasteiger partial charge is 0.371 e. The maximum atomic E-state index is 13.1. The van der Waals surface area contributed by atoms with Crippen LogP contribution in [0.15, 0.2) is 84.9 Å². The monoisotopic (exact) mass is 391 g/mol. The fourth-order valence-corrected chi connectivity index (χ4v) is 2.83. The second-order valence-electron chi connectivity index (χ2n) is 6.36. The number of aromatic nitrogens is 1. The van der Waals surface area contributed by atoms with Gasteiger partial charge >= 0.3 is 5.97 Å². The Morgan fingerprint density at radius 3 is 2.31 bits per heavy atom. The maximum absolute atomic E-state index is 13.1. The van der Waals surface area contributed by atoms with E-state index in [-0.39, 0.29) is 5.82 Å². The van der Waals surface area contributed by atoms with Crippen molar-refractivity contribution in [3.05, 3.63) is 102 Å². The highest BCUT2D eigenvalue weighted by Gasteiger charge is 2.09. The number of rotatable bonds is 7. The van der Waals surface area contributed by atoms with Gasteiger partial charge in [0.2, 0.25) is 5.76 Å². The number of aliphatic carboxylic acids is 1. The number of benzene rings is 2. The van der Waals surface area contributed by atoms with Crippen molar-refractivity contribution in [2.75, 3.05) is 0 Å². The highest BCUT2D eigenvalue weighted by atomic mass is 19.1. The van der Waals surface area contributed by atoms with Gasteiger partial charge in [0.25, 0.3) is 0 Å². The summed E-state index contributed by atoms with van der Waals surface area (Å²) in [6.45, 7) is 0.515. The number of hydrogen-bond acceptors (Lipinski definition) is 3. The summed E-state index contributed by atoms with van der Waals surface area (Å²) in [6, 6.07) is 15.8. The van der Waals surface area contributed by atoms with Gasteiger partial charge in [-0.15, -0.1) is 0 Å². The van der Waals surface area contributed by atoms with Crippen LogP contribution < -0.4 is 0 Å². The minimum Gasteiger partial charge on any atom is -0.502 e. The molecule has 146 valence electrons. The molecule has 29 heavy (non-hydrogen) atoms. The third kappa shape index (κ3) is 5.29. The molecular formula is C23H18FNO4. The lowest BCUT2D eigenvalue weighted by Crippen LogP contribution is -2.01. The highest BCUT2D eigenvalue weighted by molar-refractivity contribution is 6.06. The molecule has 0 saturated carbocycles. The molecule has 0 bridgehead atoms. The van der Waals surface area contributed by atoms with Crippen molar-refractivity contribution in [1.29, 1.82) is 0 Å². The Labute approximate surface area is 166 Å². The van der Waals surface area contributed by atoms with E-state index in [4.69, 9.17) is 5.11 Å². The number of aliphatic hydroxyl groups excluding tert-OH is 1. The standard InChI is InChI=1S/C23H18FNO4/c24-19-9-6-16(7-10-19)13-25-14-18(8-11-20(26)12-22(27)23(28)29)21(15-25)17-4-2-1-3-5-17/h1-12,14-15,27H,13H2,(H,28,29)/b11-8+,22-12-. The number of aliphatic hydroxyl groups is 1. The maximum Gasteiger partial charge on any atom is 0.371 e.